The fourth-order valence-electron chi connectivity index (χ4n) is 2.23. The first-order chi connectivity index (χ1) is 10.0. The number of aromatic nitrogens is 1. The van der Waals surface area contributed by atoms with E-state index in [1.807, 2.05) is 13.8 Å². The summed E-state index contributed by atoms with van der Waals surface area (Å²) >= 11 is 0. The van der Waals surface area contributed by atoms with E-state index in [2.05, 4.69) is 4.98 Å². The Hall–Kier alpha value is -2.82. The molecule has 21 heavy (non-hydrogen) atoms. The molecule has 0 saturated heterocycles. The molecule has 0 bridgehead atoms. The van der Waals surface area contributed by atoms with Gasteiger partial charge in [-0.2, -0.15) is 0 Å². The summed E-state index contributed by atoms with van der Waals surface area (Å²) in [7, 11) is 0. The topological polar surface area (TPSA) is 72.3 Å². The van der Waals surface area contributed by atoms with Crippen LogP contribution in [0, 0.1) is 13.8 Å². The summed E-state index contributed by atoms with van der Waals surface area (Å²) in [5, 5.41) is 0.767. The predicted octanol–water partition coefficient (Wildman–Crippen LogP) is 2.96. The molecule has 1 N–H and O–H groups in total. The van der Waals surface area contributed by atoms with Crippen molar-refractivity contribution in [2.45, 2.75) is 13.8 Å². The minimum atomic E-state index is -0.441. The van der Waals surface area contributed by atoms with Crippen molar-refractivity contribution in [3.63, 3.8) is 0 Å². The Morgan fingerprint density at radius 3 is 2.67 bits per heavy atom. The van der Waals surface area contributed by atoms with Crippen LogP contribution in [0.1, 0.15) is 21.6 Å². The quantitative estimate of drug-likeness (QED) is 0.446. The van der Waals surface area contributed by atoms with Crippen molar-refractivity contribution < 1.29 is 13.9 Å². The summed E-state index contributed by atoms with van der Waals surface area (Å²) in [6.07, 6.45) is 1.76. The summed E-state index contributed by atoms with van der Waals surface area (Å²) in [6.45, 7) is 3.64. The van der Waals surface area contributed by atoms with Crippen LogP contribution in [-0.4, -0.2) is 11.0 Å². The van der Waals surface area contributed by atoms with Crippen molar-refractivity contribution in [3.8, 4) is 5.75 Å². The molecule has 5 nitrogen and oxygen atoms in total. The Balaban J connectivity index is 1.95. The first-order valence-electron chi connectivity index (χ1n) is 6.45. The molecule has 0 unspecified atom stereocenters. The molecule has 0 aliphatic rings. The predicted molar refractivity (Wildman–Crippen MR) is 77.7 cm³/mol. The highest BCUT2D eigenvalue weighted by Gasteiger charge is 2.16. The van der Waals surface area contributed by atoms with Gasteiger partial charge in [0, 0.05) is 29.4 Å². The highest BCUT2D eigenvalue weighted by Crippen LogP contribution is 2.21. The van der Waals surface area contributed by atoms with Gasteiger partial charge in [0.2, 0.25) is 0 Å². The largest absolute Gasteiger partial charge is 0.423 e. The second-order valence-corrected chi connectivity index (χ2v) is 4.82. The minimum Gasteiger partial charge on any atom is -0.423 e. The molecule has 0 atom stereocenters. The lowest BCUT2D eigenvalue weighted by molar-refractivity contribution is 0.0733. The van der Waals surface area contributed by atoms with Crippen LogP contribution < -0.4 is 10.4 Å². The van der Waals surface area contributed by atoms with E-state index in [1.165, 1.54) is 12.1 Å². The molecule has 0 aliphatic carbocycles. The number of benzene rings is 1. The van der Waals surface area contributed by atoms with Gasteiger partial charge in [-0.3, -0.25) is 0 Å². The van der Waals surface area contributed by atoms with Gasteiger partial charge in [0.05, 0.1) is 5.56 Å². The molecular weight excluding hydrogens is 270 g/mol. The van der Waals surface area contributed by atoms with Crippen molar-refractivity contribution in [1.82, 2.24) is 4.98 Å². The summed E-state index contributed by atoms with van der Waals surface area (Å²) in [5.74, 6) is -0.106. The molecule has 2 heterocycles. The van der Waals surface area contributed by atoms with Crippen molar-refractivity contribution in [2.75, 3.05) is 0 Å². The number of hydrogen-bond acceptors (Lipinski definition) is 4. The Kier molecular flexibility index (Phi) is 3.10. The zero-order valence-electron chi connectivity index (χ0n) is 11.6. The van der Waals surface area contributed by atoms with Crippen molar-refractivity contribution in [1.29, 1.82) is 0 Å². The van der Waals surface area contributed by atoms with Crippen LogP contribution in [0.5, 0.6) is 5.75 Å². The minimum absolute atomic E-state index is 0.335. The third kappa shape index (κ3) is 2.45. The third-order valence-electron chi connectivity index (χ3n) is 3.28. The smallest absolute Gasteiger partial charge is 0.345 e. The summed E-state index contributed by atoms with van der Waals surface area (Å²) in [5.41, 5.74) is 2.04. The van der Waals surface area contributed by atoms with Crippen LogP contribution in [0.25, 0.3) is 11.0 Å². The van der Waals surface area contributed by atoms with Crippen molar-refractivity contribution in [2.24, 2.45) is 0 Å². The lowest BCUT2D eigenvalue weighted by Gasteiger charge is -2.05. The van der Waals surface area contributed by atoms with Crippen LogP contribution >= 0.6 is 0 Å². The van der Waals surface area contributed by atoms with Gasteiger partial charge in [0.15, 0.2) is 0 Å². The molecule has 0 aliphatic heterocycles. The average molecular weight is 283 g/mol. The number of aryl methyl sites for hydroxylation is 2. The molecule has 2 aromatic heterocycles. The van der Waals surface area contributed by atoms with Gasteiger partial charge < -0.3 is 14.1 Å². The van der Waals surface area contributed by atoms with E-state index in [1.54, 1.807) is 24.4 Å². The summed E-state index contributed by atoms with van der Waals surface area (Å²) in [6, 6.07) is 7.94. The number of esters is 1. The number of carbonyl (C=O) groups excluding carboxylic acids is 1. The number of aromatic amines is 1. The van der Waals surface area contributed by atoms with Crippen LogP contribution in [-0.2, 0) is 0 Å². The van der Waals surface area contributed by atoms with E-state index in [9.17, 15) is 9.59 Å². The second kappa shape index (κ2) is 4.94. The molecule has 0 saturated carbocycles. The van der Waals surface area contributed by atoms with Crippen LogP contribution in [0.3, 0.4) is 0 Å². The van der Waals surface area contributed by atoms with E-state index in [-0.39, 0.29) is 0 Å². The SMILES string of the molecule is Cc1c[nH]c(C)c1C(=O)Oc1ccc2ccc(=O)oc2c1. The van der Waals surface area contributed by atoms with Gasteiger partial charge in [-0.1, -0.05) is 0 Å². The van der Waals surface area contributed by atoms with Gasteiger partial charge in [0.1, 0.15) is 11.3 Å². The highest BCUT2D eigenvalue weighted by atomic mass is 16.5. The molecule has 106 valence electrons. The van der Waals surface area contributed by atoms with E-state index in [0.717, 1.165) is 16.6 Å². The summed E-state index contributed by atoms with van der Waals surface area (Å²) < 4.78 is 10.4. The summed E-state index contributed by atoms with van der Waals surface area (Å²) in [4.78, 5) is 26.4. The molecule has 0 spiro atoms. The molecule has 0 fully saturated rings. The number of rotatable bonds is 2. The molecule has 1 aromatic carbocycles. The molecule has 3 aromatic rings. The Labute approximate surface area is 120 Å². The third-order valence-corrected chi connectivity index (χ3v) is 3.28. The first kappa shape index (κ1) is 13.2. The van der Waals surface area contributed by atoms with Gasteiger partial charge in [-0.25, -0.2) is 9.59 Å². The standard InChI is InChI=1S/C16H13NO4/c1-9-8-17-10(2)15(9)16(19)20-12-5-3-11-4-6-14(18)21-13(11)7-12/h3-8,17H,1-2H3. The zero-order chi connectivity index (χ0) is 15.0. The highest BCUT2D eigenvalue weighted by molar-refractivity contribution is 5.94. The fourth-order valence-corrected chi connectivity index (χ4v) is 2.23. The average Bonchev–Trinajstić information content (AvgIpc) is 2.77. The lowest BCUT2D eigenvalue weighted by Crippen LogP contribution is -2.10. The van der Waals surface area contributed by atoms with Crippen LogP contribution in [0.2, 0.25) is 0 Å². The van der Waals surface area contributed by atoms with Gasteiger partial charge in [-0.15, -0.1) is 0 Å². The van der Waals surface area contributed by atoms with Crippen LogP contribution in [0.4, 0.5) is 0 Å². The second-order valence-electron chi connectivity index (χ2n) is 4.82. The van der Waals surface area contributed by atoms with E-state index >= 15 is 0 Å². The Morgan fingerprint density at radius 1 is 1.19 bits per heavy atom. The van der Waals surface area contributed by atoms with Crippen molar-refractivity contribution >= 4 is 16.9 Å². The molecule has 0 amide bonds. The number of ether oxygens (including phenoxy) is 1. The first-order valence-corrected chi connectivity index (χ1v) is 6.45. The number of H-pyrrole nitrogens is 1. The number of carbonyl (C=O) groups is 1. The Bertz CT molecular complexity index is 869. The fraction of sp³-hybridized carbons (Fsp3) is 0.125. The van der Waals surface area contributed by atoms with Gasteiger partial charge in [-0.05, 0) is 37.6 Å². The maximum atomic E-state index is 12.2. The van der Waals surface area contributed by atoms with Gasteiger partial charge >= 0.3 is 11.6 Å². The maximum absolute atomic E-state index is 12.2. The molecule has 5 heteroatoms. The van der Waals surface area contributed by atoms with Crippen LogP contribution in [0.15, 0.2) is 45.7 Å². The lowest BCUT2D eigenvalue weighted by atomic mass is 10.2. The van der Waals surface area contributed by atoms with E-state index < -0.39 is 11.6 Å². The monoisotopic (exact) mass is 283 g/mol. The normalized spacial score (nSPS) is 10.8. The molecular formula is C16H13NO4. The zero-order valence-corrected chi connectivity index (χ0v) is 11.6. The van der Waals surface area contributed by atoms with Gasteiger partial charge in [0.25, 0.3) is 0 Å². The number of hydrogen-bond donors (Lipinski definition) is 1. The van der Waals surface area contributed by atoms with E-state index in [0.29, 0.717) is 16.9 Å². The number of nitrogens with one attached hydrogen (secondary N) is 1. The maximum Gasteiger partial charge on any atom is 0.345 e. The molecule has 0 radical (unpaired) electrons. The number of fused-ring (bicyclic) bond motifs is 1. The van der Waals surface area contributed by atoms with E-state index in [4.69, 9.17) is 9.15 Å². The van der Waals surface area contributed by atoms with Crippen molar-refractivity contribution in [3.05, 3.63) is 63.8 Å². The molecule has 3 rings (SSSR count). The Morgan fingerprint density at radius 2 is 1.95 bits per heavy atom.